The molecule has 1 unspecified atom stereocenters. The summed E-state index contributed by atoms with van der Waals surface area (Å²) in [6.45, 7) is 2.56. The first kappa shape index (κ1) is 14.7. The van der Waals surface area contributed by atoms with Gasteiger partial charge in [0.25, 0.3) is 0 Å². The maximum atomic E-state index is 11.8. The Bertz CT molecular complexity index is 380. The quantitative estimate of drug-likeness (QED) is 0.675. The number of aliphatic hydroxyl groups is 1. The van der Waals surface area contributed by atoms with Crippen molar-refractivity contribution in [2.45, 2.75) is 38.8 Å². The van der Waals surface area contributed by atoms with Gasteiger partial charge in [-0.05, 0) is 30.9 Å². The van der Waals surface area contributed by atoms with E-state index in [1.54, 1.807) is 0 Å². The fourth-order valence-corrected chi connectivity index (χ4v) is 1.90. The van der Waals surface area contributed by atoms with Crippen molar-refractivity contribution in [2.75, 3.05) is 6.61 Å². The first-order chi connectivity index (χ1) is 8.67. The number of nitrogens with two attached hydrogens (primary N) is 1. The molecule has 0 heterocycles. The molecule has 1 rings (SSSR count). The number of nitrogens with one attached hydrogen (secondary N) is 1. The van der Waals surface area contributed by atoms with E-state index >= 15 is 0 Å². The Morgan fingerprint density at radius 2 is 2.06 bits per heavy atom. The fraction of sp³-hybridized carbons (Fsp3) is 0.500. The summed E-state index contributed by atoms with van der Waals surface area (Å²) in [4.78, 5) is 11.8. The average Bonchev–Trinajstić information content (AvgIpc) is 2.36. The number of benzene rings is 1. The van der Waals surface area contributed by atoms with Crippen LogP contribution in [0.1, 0.15) is 30.9 Å². The van der Waals surface area contributed by atoms with Crippen LogP contribution in [0.25, 0.3) is 0 Å². The molecule has 0 saturated heterocycles. The molecule has 0 aliphatic rings. The molecule has 0 aliphatic carbocycles. The molecule has 100 valence electrons. The van der Waals surface area contributed by atoms with E-state index in [0.717, 1.165) is 17.5 Å². The second-order valence-corrected chi connectivity index (χ2v) is 4.48. The minimum atomic E-state index is 0.00124. The molecule has 18 heavy (non-hydrogen) atoms. The molecule has 4 heteroatoms. The van der Waals surface area contributed by atoms with Gasteiger partial charge in [-0.3, -0.25) is 4.79 Å². The van der Waals surface area contributed by atoms with Crippen molar-refractivity contribution < 1.29 is 9.90 Å². The summed E-state index contributed by atoms with van der Waals surface area (Å²) < 4.78 is 0. The first-order valence-electron chi connectivity index (χ1n) is 6.34. The summed E-state index contributed by atoms with van der Waals surface area (Å²) in [5, 5.41) is 11.6. The van der Waals surface area contributed by atoms with Gasteiger partial charge in [0.1, 0.15) is 0 Å². The van der Waals surface area contributed by atoms with Crippen molar-refractivity contribution in [3.8, 4) is 0 Å². The number of carbonyl (C=O) groups is 1. The molecule has 4 N–H and O–H groups in total. The largest absolute Gasteiger partial charge is 0.396 e. The van der Waals surface area contributed by atoms with Gasteiger partial charge >= 0.3 is 0 Å². The van der Waals surface area contributed by atoms with E-state index in [2.05, 4.69) is 5.32 Å². The second-order valence-electron chi connectivity index (χ2n) is 4.48. The molecule has 1 aromatic rings. The van der Waals surface area contributed by atoms with Crippen LogP contribution in [0.3, 0.4) is 0 Å². The van der Waals surface area contributed by atoms with Crippen LogP contribution in [-0.2, 0) is 17.8 Å². The average molecular weight is 250 g/mol. The smallest absolute Gasteiger partial charge is 0.224 e. The maximum absolute atomic E-state index is 11.8. The summed E-state index contributed by atoms with van der Waals surface area (Å²) in [5.74, 6) is 0.00124. The summed E-state index contributed by atoms with van der Waals surface area (Å²) >= 11 is 0. The van der Waals surface area contributed by atoms with Gasteiger partial charge < -0.3 is 16.2 Å². The second kappa shape index (κ2) is 7.84. The molecule has 1 amide bonds. The highest BCUT2D eigenvalue weighted by Crippen LogP contribution is 2.09. The molecule has 0 fully saturated rings. The topological polar surface area (TPSA) is 75.3 Å². The zero-order valence-electron chi connectivity index (χ0n) is 10.9. The molecule has 0 spiro atoms. The van der Waals surface area contributed by atoms with Crippen LogP contribution in [0.2, 0.25) is 0 Å². The van der Waals surface area contributed by atoms with Gasteiger partial charge in [0, 0.05) is 19.2 Å². The highest BCUT2D eigenvalue weighted by Gasteiger charge is 2.09. The van der Waals surface area contributed by atoms with Gasteiger partial charge in [-0.2, -0.15) is 0 Å². The van der Waals surface area contributed by atoms with E-state index in [-0.39, 0.29) is 18.6 Å². The highest BCUT2D eigenvalue weighted by atomic mass is 16.2. The normalized spacial score (nSPS) is 12.2. The number of amides is 1. The van der Waals surface area contributed by atoms with Gasteiger partial charge in [0.15, 0.2) is 0 Å². The molecule has 0 aromatic heterocycles. The van der Waals surface area contributed by atoms with E-state index < -0.39 is 0 Å². The lowest BCUT2D eigenvalue weighted by atomic mass is 10.0. The van der Waals surface area contributed by atoms with Crippen LogP contribution in [-0.4, -0.2) is 23.7 Å². The number of rotatable bonds is 7. The number of aliphatic hydroxyl groups excluding tert-OH is 1. The molecule has 0 radical (unpaired) electrons. The molecular weight excluding hydrogens is 228 g/mol. The lowest BCUT2D eigenvalue weighted by Gasteiger charge is -2.14. The predicted octanol–water partition coefficient (Wildman–Crippen LogP) is 0.965. The standard InChI is InChI=1S/C14H22N2O2/c1-11(5-4-8-17)16-14(18)9-12-6-2-3-7-13(12)10-15/h2-3,6-7,11,17H,4-5,8-10,15H2,1H3,(H,16,18). The lowest BCUT2D eigenvalue weighted by Crippen LogP contribution is -2.34. The zero-order chi connectivity index (χ0) is 13.4. The van der Waals surface area contributed by atoms with E-state index in [0.29, 0.717) is 19.4 Å². The molecule has 1 atom stereocenters. The third-order valence-corrected chi connectivity index (χ3v) is 2.89. The molecule has 0 aliphatic heterocycles. The minimum Gasteiger partial charge on any atom is -0.396 e. The number of hydrogen-bond donors (Lipinski definition) is 3. The van der Waals surface area contributed by atoms with Crippen LogP contribution in [0.5, 0.6) is 0 Å². The molecule has 4 nitrogen and oxygen atoms in total. The Kier molecular flexibility index (Phi) is 6.39. The van der Waals surface area contributed by atoms with E-state index in [9.17, 15) is 4.79 Å². The van der Waals surface area contributed by atoms with Crippen molar-refractivity contribution in [1.82, 2.24) is 5.32 Å². The Morgan fingerprint density at radius 1 is 1.39 bits per heavy atom. The van der Waals surface area contributed by atoms with Crippen molar-refractivity contribution in [3.63, 3.8) is 0 Å². The van der Waals surface area contributed by atoms with E-state index in [1.165, 1.54) is 0 Å². The zero-order valence-corrected chi connectivity index (χ0v) is 10.9. The van der Waals surface area contributed by atoms with Crippen molar-refractivity contribution in [3.05, 3.63) is 35.4 Å². The predicted molar refractivity (Wildman–Crippen MR) is 72.0 cm³/mol. The van der Waals surface area contributed by atoms with Crippen LogP contribution >= 0.6 is 0 Å². The summed E-state index contributed by atoms with van der Waals surface area (Å²) in [5.41, 5.74) is 7.62. The third-order valence-electron chi connectivity index (χ3n) is 2.89. The van der Waals surface area contributed by atoms with Crippen LogP contribution in [0.4, 0.5) is 0 Å². The Labute approximate surface area is 108 Å². The van der Waals surface area contributed by atoms with Crippen LogP contribution < -0.4 is 11.1 Å². The van der Waals surface area contributed by atoms with E-state index in [4.69, 9.17) is 10.8 Å². The van der Waals surface area contributed by atoms with Crippen molar-refractivity contribution in [2.24, 2.45) is 5.73 Å². The Morgan fingerprint density at radius 3 is 2.67 bits per heavy atom. The van der Waals surface area contributed by atoms with Gasteiger partial charge in [-0.1, -0.05) is 24.3 Å². The third kappa shape index (κ3) is 4.85. The Balaban J connectivity index is 2.49. The first-order valence-corrected chi connectivity index (χ1v) is 6.34. The van der Waals surface area contributed by atoms with Crippen molar-refractivity contribution >= 4 is 5.91 Å². The van der Waals surface area contributed by atoms with Gasteiger partial charge in [-0.25, -0.2) is 0 Å². The van der Waals surface area contributed by atoms with Gasteiger partial charge in [-0.15, -0.1) is 0 Å². The Hall–Kier alpha value is -1.39. The molecule has 0 bridgehead atoms. The number of hydrogen-bond acceptors (Lipinski definition) is 3. The SMILES string of the molecule is CC(CCCO)NC(=O)Cc1ccccc1CN. The van der Waals surface area contributed by atoms with Crippen LogP contribution in [0.15, 0.2) is 24.3 Å². The fourth-order valence-electron chi connectivity index (χ4n) is 1.90. The van der Waals surface area contributed by atoms with Crippen LogP contribution in [0, 0.1) is 0 Å². The van der Waals surface area contributed by atoms with Gasteiger partial charge in [0.05, 0.1) is 6.42 Å². The highest BCUT2D eigenvalue weighted by molar-refractivity contribution is 5.79. The summed E-state index contributed by atoms with van der Waals surface area (Å²) in [6, 6.07) is 7.80. The summed E-state index contributed by atoms with van der Waals surface area (Å²) in [7, 11) is 0. The molecule has 1 aromatic carbocycles. The maximum Gasteiger partial charge on any atom is 0.224 e. The van der Waals surface area contributed by atoms with Crippen molar-refractivity contribution in [1.29, 1.82) is 0 Å². The molecular formula is C14H22N2O2. The monoisotopic (exact) mass is 250 g/mol. The van der Waals surface area contributed by atoms with E-state index in [1.807, 2.05) is 31.2 Å². The number of carbonyl (C=O) groups excluding carboxylic acids is 1. The lowest BCUT2D eigenvalue weighted by molar-refractivity contribution is -0.121. The van der Waals surface area contributed by atoms with Gasteiger partial charge in [0.2, 0.25) is 5.91 Å². The minimum absolute atomic E-state index is 0.00124. The molecule has 0 saturated carbocycles. The summed E-state index contributed by atoms with van der Waals surface area (Å²) in [6.07, 6.45) is 1.86.